The molecule has 1 amide bonds. The van der Waals surface area contributed by atoms with Crippen molar-refractivity contribution in [2.75, 3.05) is 23.4 Å². The van der Waals surface area contributed by atoms with E-state index in [2.05, 4.69) is 16.0 Å². The van der Waals surface area contributed by atoms with Gasteiger partial charge in [0.05, 0.1) is 30.2 Å². The van der Waals surface area contributed by atoms with Crippen LogP contribution in [-0.2, 0) is 14.6 Å². The minimum atomic E-state index is -3.25. The average molecular weight is 371 g/mol. The van der Waals surface area contributed by atoms with E-state index in [-0.39, 0.29) is 18.1 Å². The third kappa shape index (κ3) is 5.34. The van der Waals surface area contributed by atoms with E-state index < -0.39 is 28.0 Å². The molecule has 0 aromatic heterocycles. The maximum Gasteiger partial charge on any atom is 0.407 e. The monoisotopic (exact) mass is 371 g/mol. The standard InChI is InChI=1S/C15H21N3O4S2/c1-3-22-15(19)18-13-9-24(20,21)8-12(13)17-14(23)16-11-6-4-10(2)5-7-11/h4-7,12-13H,3,8-9H2,1-2H3,(H,18,19)(H2,16,17,23)/t12-,13+/m0/s1. The second-order valence-corrected chi connectivity index (χ2v) is 8.18. The molecule has 1 fully saturated rings. The number of aryl methyl sites for hydroxylation is 1. The Balaban J connectivity index is 1.98. The highest BCUT2D eigenvalue weighted by Crippen LogP contribution is 2.14. The molecule has 0 unspecified atom stereocenters. The van der Waals surface area contributed by atoms with E-state index in [1.807, 2.05) is 31.2 Å². The lowest BCUT2D eigenvalue weighted by atomic mass is 10.2. The Morgan fingerprint density at radius 2 is 1.79 bits per heavy atom. The summed E-state index contributed by atoms with van der Waals surface area (Å²) in [6.45, 7) is 3.88. The fraction of sp³-hybridized carbons (Fsp3) is 0.467. The van der Waals surface area contributed by atoms with Gasteiger partial charge in [0, 0.05) is 5.69 Å². The molecule has 9 heteroatoms. The molecule has 132 valence electrons. The molecule has 0 aliphatic carbocycles. The zero-order chi connectivity index (χ0) is 17.7. The molecule has 0 radical (unpaired) electrons. The highest BCUT2D eigenvalue weighted by molar-refractivity contribution is 7.91. The van der Waals surface area contributed by atoms with Crippen LogP contribution in [0.4, 0.5) is 10.5 Å². The first-order chi connectivity index (χ1) is 11.3. The van der Waals surface area contributed by atoms with Gasteiger partial charge in [-0.3, -0.25) is 0 Å². The Morgan fingerprint density at radius 1 is 1.21 bits per heavy atom. The number of hydrogen-bond acceptors (Lipinski definition) is 5. The van der Waals surface area contributed by atoms with Crippen molar-refractivity contribution in [1.29, 1.82) is 0 Å². The zero-order valence-corrected chi connectivity index (χ0v) is 15.2. The molecular weight excluding hydrogens is 350 g/mol. The molecule has 1 heterocycles. The number of benzene rings is 1. The van der Waals surface area contributed by atoms with Gasteiger partial charge in [-0.15, -0.1) is 0 Å². The van der Waals surface area contributed by atoms with Crippen molar-refractivity contribution in [3.8, 4) is 0 Å². The molecular formula is C15H21N3O4S2. The van der Waals surface area contributed by atoms with Crippen molar-refractivity contribution in [1.82, 2.24) is 10.6 Å². The number of sulfone groups is 1. The highest BCUT2D eigenvalue weighted by atomic mass is 32.2. The lowest BCUT2D eigenvalue weighted by Gasteiger charge is -2.22. The molecule has 1 aliphatic rings. The molecule has 24 heavy (non-hydrogen) atoms. The Bertz CT molecular complexity index is 704. The molecule has 3 N–H and O–H groups in total. The third-order valence-corrected chi connectivity index (χ3v) is 5.51. The topological polar surface area (TPSA) is 96.5 Å². The molecule has 7 nitrogen and oxygen atoms in total. The quantitative estimate of drug-likeness (QED) is 0.684. The first kappa shape index (κ1) is 18.5. The van der Waals surface area contributed by atoms with Crippen LogP contribution in [0.25, 0.3) is 0 Å². The first-order valence-electron chi connectivity index (χ1n) is 7.57. The lowest BCUT2D eigenvalue weighted by Crippen LogP contribution is -2.51. The van der Waals surface area contributed by atoms with Gasteiger partial charge in [-0.1, -0.05) is 17.7 Å². The highest BCUT2D eigenvalue weighted by Gasteiger charge is 2.39. The molecule has 2 atom stereocenters. The average Bonchev–Trinajstić information content (AvgIpc) is 2.75. The second kappa shape index (κ2) is 7.80. The number of carbonyl (C=O) groups is 1. The van der Waals surface area contributed by atoms with Crippen LogP contribution in [0.2, 0.25) is 0 Å². The lowest BCUT2D eigenvalue weighted by molar-refractivity contribution is 0.148. The van der Waals surface area contributed by atoms with Gasteiger partial charge in [-0.05, 0) is 38.2 Å². The Morgan fingerprint density at radius 3 is 2.38 bits per heavy atom. The summed E-state index contributed by atoms with van der Waals surface area (Å²) in [5.74, 6) is -0.240. The number of ether oxygens (including phenoxy) is 1. The largest absolute Gasteiger partial charge is 0.450 e. The van der Waals surface area contributed by atoms with Crippen molar-refractivity contribution in [2.45, 2.75) is 25.9 Å². The fourth-order valence-corrected chi connectivity index (χ4v) is 4.56. The Hall–Kier alpha value is -1.87. The van der Waals surface area contributed by atoms with E-state index in [1.165, 1.54) is 0 Å². The number of thiocarbonyl (C=S) groups is 1. The SMILES string of the molecule is CCOC(=O)N[C@@H]1CS(=O)(=O)C[C@@H]1NC(=S)Nc1ccc(C)cc1. The minimum absolute atomic E-state index is 0.0974. The van der Waals surface area contributed by atoms with Crippen LogP contribution in [0.5, 0.6) is 0 Å². The maximum absolute atomic E-state index is 11.9. The van der Waals surface area contributed by atoms with E-state index >= 15 is 0 Å². The predicted molar refractivity (Wildman–Crippen MR) is 96.9 cm³/mol. The molecule has 0 bridgehead atoms. The summed E-state index contributed by atoms with van der Waals surface area (Å²) >= 11 is 5.24. The van der Waals surface area contributed by atoms with Gasteiger partial charge >= 0.3 is 6.09 Å². The Labute approximate surface area is 147 Å². The number of rotatable bonds is 4. The summed E-state index contributed by atoms with van der Waals surface area (Å²) < 4.78 is 28.6. The van der Waals surface area contributed by atoms with Crippen LogP contribution in [0, 0.1) is 6.92 Å². The molecule has 1 aromatic carbocycles. The van der Waals surface area contributed by atoms with E-state index in [0.29, 0.717) is 5.11 Å². The Kier molecular flexibility index (Phi) is 6.00. The number of amides is 1. The van der Waals surface area contributed by atoms with Gasteiger partial charge < -0.3 is 20.7 Å². The minimum Gasteiger partial charge on any atom is -0.450 e. The number of nitrogens with one attached hydrogen (secondary N) is 3. The van der Waals surface area contributed by atoms with Gasteiger partial charge in [0.15, 0.2) is 14.9 Å². The number of anilines is 1. The van der Waals surface area contributed by atoms with Gasteiger partial charge in [-0.2, -0.15) is 0 Å². The number of carbonyl (C=O) groups excluding carboxylic acids is 1. The molecule has 0 spiro atoms. The van der Waals surface area contributed by atoms with Gasteiger partial charge in [-0.25, -0.2) is 13.2 Å². The third-order valence-electron chi connectivity index (χ3n) is 3.56. The first-order valence-corrected chi connectivity index (χ1v) is 9.80. The maximum atomic E-state index is 11.9. The summed E-state index contributed by atoms with van der Waals surface area (Å²) in [6.07, 6.45) is -0.635. The summed E-state index contributed by atoms with van der Waals surface area (Å²) in [5.41, 5.74) is 1.92. The van der Waals surface area contributed by atoms with E-state index in [0.717, 1.165) is 11.3 Å². The van der Waals surface area contributed by atoms with E-state index in [9.17, 15) is 13.2 Å². The van der Waals surface area contributed by atoms with E-state index in [4.69, 9.17) is 17.0 Å². The molecule has 1 aliphatic heterocycles. The van der Waals surface area contributed by atoms with Crippen LogP contribution in [0.1, 0.15) is 12.5 Å². The van der Waals surface area contributed by atoms with Crippen molar-refractivity contribution in [3.63, 3.8) is 0 Å². The van der Waals surface area contributed by atoms with Crippen LogP contribution in [-0.4, -0.2) is 49.8 Å². The summed E-state index contributed by atoms with van der Waals surface area (Å²) in [6, 6.07) is 6.54. The molecule has 0 saturated carbocycles. The van der Waals surface area contributed by atoms with E-state index in [1.54, 1.807) is 6.92 Å². The fourth-order valence-electron chi connectivity index (χ4n) is 2.43. The molecule has 2 rings (SSSR count). The predicted octanol–water partition coefficient (Wildman–Crippen LogP) is 1.19. The normalized spacial score (nSPS) is 21.8. The number of hydrogen-bond donors (Lipinski definition) is 3. The zero-order valence-electron chi connectivity index (χ0n) is 13.5. The van der Waals surface area contributed by atoms with Gasteiger partial charge in [0.25, 0.3) is 0 Å². The van der Waals surface area contributed by atoms with Crippen LogP contribution >= 0.6 is 12.2 Å². The van der Waals surface area contributed by atoms with Crippen LogP contribution in [0.15, 0.2) is 24.3 Å². The molecule has 1 aromatic rings. The van der Waals surface area contributed by atoms with Gasteiger partial charge in [0.2, 0.25) is 0 Å². The second-order valence-electron chi connectivity index (χ2n) is 5.62. The number of alkyl carbamates (subject to hydrolysis) is 1. The van der Waals surface area contributed by atoms with Crippen molar-refractivity contribution >= 4 is 38.9 Å². The van der Waals surface area contributed by atoms with Gasteiger partial charge in [0.1, 0.15) is 0 Å². The summed E-state index contributed by atoms with van der Waals surface area (Å²) in [7, 11) is -3.25. The summed E-state index contributed by atoms with van der Waals surface area (Å²) in [5, 5.41) is 8.84. The molecule has 1 saturated heterocycles. The summed E-state index contributed by atoms with van der Waals surface area (Å²) in [4.78, 5) is 11.6. The van der Waals surface area contributed by atoms with Crippen molar-refractivity contribution < 1.29 is 17.9 Å². The van der Waals surface area contributed by atoms with Crippen LogP contribution in [0.3, 0.4) is 0 Å². The van der Waals surface area contributed by atoms with Crippen molar-refractivity contribution in [3.05, 3.63) is 29.8 Å². The van der Waals surface area contributed by atoms with Crippen molar-refractivity contribution in [2.24, 2.45) is 0 Å². The smallest absolute Gasteiger partial charge is 0.407 e. The van der Waals surface area contributed by atoms with Crippen LogP contribution < -0.4 is 16.0 Å².